The number of rotatable bonds is 5. The average Bonchev–Trinajstić information content (AvgIpc) is 3.16. The summed E-state index contributed by atoms with van der Waals surface area (Å²) in [5.74, 6) is 0.185. The maximum absolute atomic E-state index is 11.9. The first-order valence-electron chi connectivity index (χ1n) is 8.37. The molecule has 0 saturated carbocycles. The highest BCUT2D eigenvalue weighted by Gasteiger charge is 2.09. The molecule has 3 aromatic rings. The van der Waals surface area contributed by atoms with Gasteiger partial charge in [-0.25, -0.2) is 0 Å². The molecule has 142 valence electrons. The molecule has 2 N–H and O–H groups in total. The molecule has 1 aromatic heterocycles. The molecule has 0 fully saturated rings. The van der Waals surface area contributed by atoms with E-state index >= 15 is 0 Å². The highest BCUT2D eigenvalue weighted by atomic mass is 35.5. The summed E-state index contributed by atoms with van der Waals surface area (Å²) in [7, 11) is 0. The Morgan fingerprint density at radius 3 is 2.54 bits per heavy atom. The summed E-state index contributed by atoms with van der Waals surface area (Å²) in [6.45, 7) is 0. The highest BCUT2D eigenvalue weighted by molar-refractivity contribution is 6.35. The Labute approximate surface area is 171 Å². The van der Waals surface area contributed by atoms with Crippen LogP contribution in [0.2, 0.25) is 10.0 Å². The zero-order chi connectivity index (χ0) is 19.9. The molecule has 1 heterocycles. The van der Waals surface area contributed by atoms with Crippen LogP contribution in [0.25, 0.3) is 17.4 Å². The van der Waals surface area contributed by atoms with Gasteiger partial charge in [0.05, 0.1) is 11.4 Å². The fourth-order valence-electron chi connectivity index (χ4n) is 2.43. The summed E-state index contributed by atoms with van der Waals surface area (Å²) < 4.78 is 5.66. The second-order valence-electron chi connectivity index (χ2n) is 5.86. The van der Waals surface area contributed by atoms with E-state index in [1.165, 1.54) is 12.2 Å². The van der Waals surface area contributed by atoms with Crippen LogP contribution in [-0.2, 0) is 16.0 Å². The van der Waals surface area contributed by atoms with Gasteiger partial charge in [-0.2, -0.15) is 0 Å². The van der Waals surface area contributed by atoms with Gasteiger partial charge >= 0.3 is 0 Å². The maximum atomic E-state index is 11.9. The van der Waals surface area contributed by atoms with Gasteiger partial charge in [-0.3, -0.25) is 20.4 Å². The molecule has 2 aromatic carbocycles. The third-order valence-electron chi connectivity index (χ3n) is 3.75. The molecular formula is C21H16Cl2N2O3. The number of nitrogens with one attached hydrogen (secondary N) is 2. The van der Waals surface area contributed by atoms with E-state index in [0.29, 0.717) is 27.1 Å². The van der Waals surface area contributed by atoms with E-state index < -0.39 is 5.91 Å². The predicted molar refractivity (Wildman–Crippen MR) is 110 cm³/mol. The van der Waals surface area contributed by atoms with Crippen LogP contribution in [0.4, 0.5) is 0 Å². The third kappa shape index (κ3) is 5.49. The quantitative estimate of drug-likeness (QED) is 0.471. The van der Waals surface area contributed by atoms with Crippen molar-refractivity contribution in [3.8, 4) is 11.3 Å². The molecule has 3 rings (SSSR count). The first-order valence-corrected chi connectivity index (χ1v) is 9.13. The Morgan fingerprint density at radius 2 is 1.75 bits per heavy atom. The maximum Gasteiger partial charge on any atom is 0.262 e. The number of hydrogen-bond donors (Lipinski definition) is 2. The molecule has 7 heteroatoms. The number of benzene rings is 2. The Hall–Kier alpha value is -3.02. The Morgan fingerprint density at radius 1 is 0.964 bits per heavy atom. The topological polar surface area (TPSA) is 71.3 Å². The second-order valence-corrected chi connectivity index (χ2v) is 6.70. The van der Waals surface area contributed by atoms with Gasteiger partial charge in [-0.05, 0) is 42.0 Å². The fraction of sp³-hybridized carbons (Fsp3) is 0.0476. The summed E-state index contributed by atoms with van der Waals surface area (Å²) in [5, 5.41) is 1.05. The molecule has 2 amide bonds. The van der Waals surface area contributed by atoms with Crippen LogP contribution in [0.15, 0.2) is 71.2 Å². The molecule has 0 aliphatic heterocycles. The van der Waals surface area contributed by atoms with Crippen LogP contribution in [0.3, 0.4) is 0 Å². The van der Waals surface area contributed by atoms with Gasteiger partial charge in [0.25, 0.3) is 5.91 Å². The average molecular weight is 415 g/mol. The number of furan rings is 1. The molecule has 0 atom stereocenters. The van der Waals surface area contributed by atoms with Gasteiger partial charge in [-0.1, -0.05) is 53.5 Å². The van der Waals surface area contributed by atoms with Crippen LogP contribution >= 0.6 is 23.2 Å². The minimum Gasteiger partial charge on any atom is -0.457 e. The van der Waals surface area contributed by atoms with Crippen molar-refractivity contribution in [1.29, 1.82) is 0 Å². The number of carbonyl (C=O) groups is 2. The van der Waals surface area contributed by atoms with Gasteiger partial charge in [0, 0.05) is 16.7 Å². The molecule has 0 aliphatic carbocycles. The van der Waals surface area contributed by atoms with E-state index in [2.05, 4.69) is 10.9 Å². The first kappa shape index (κ1) is 19.7. The number of hydrogen-bond acceptors (Lipinski definition) is 3. The summed E-state index contributed by atoms with van der Waals surface area (Å²) >= 11 is 12.1. The number of hydrazine groups is 1. The standard InChI is InChI=1S/C21H16Cl2N2O3/c22-15-6-9-18(23)17(13-15)19-10-7-16(28-19)8-11-20(26)24-25-21(27)12-14-4-2-1-3-5-14/h1-11,13H,12H2,(H,24,26)(H,25,27). The van der Waals surface area contributed by atoms with E-state index in [1.807, 2.05) is 30.3 Å². The summed E-state index contributed by atoms with van der Waals surface area (Å²) in [4.78, 5) is 23.7. The van der Waals surface area contributed by atoms with Crippen molar-refractivity contribution in [2.45, 2.75) is 6.42 Å². The molecule has 0 radical (unpaired) electrons. The van der Waals surface area contributed by atoms with E-state index in [9.17, 15) is 9.59 Å². The SMILES string of the molecule is O=C(C=Cc1ccc(-c2cc(Cl)ccc2Cl)o1)NNC(=O)Cc1ccccc1. The van der Waals surface area contributed by atoms with Gasteiger partial charge in [0.1, 0.15) is 11.5 Å². The Bertz CT molecular complexity index is 1010. The minimum absolute atomic E-state index is 0.173. The number of halogens is 2. The van der Waals surface area contributed by atoms with Crippen molar-refractivity contribution in [3.63, 3.8) is 0 Å². The van der Waals surface area contributed by atoms with E-state index in [4.69, 9.17) is 27.6 Å². The monoisotopic (exact) mass is 414 g/mol. The first-order chi connectivity index (χ1) is 13.5. The molecule has 28 heavy (non-hydrogen) atoms. The largest absolute Gasteiger partial charge is 0.457 e. The van der Waals surface area contributed by atoms with Gasteiger partial charge < -0.3 is 4.42 Å². The van der Waals surface area contributed by atoms with E-state index in [1.54, 1.807) is 30.3 Å². The molecule has 0 bridgehead atoms. The molecule has 5 nitrogen and oxygen atoms in total. The lowest BCUT2D eigenvalue weighted by molar-refractivity contribution is -0.126. The zero-order valence-corrected chi connectivity index (χ0v) is 16.1. The predicted octanol–water partition coefficient (Wildman–Crippen LogP) is 4.66. The minimum atomic E-state index is -0.486. The van der Waals surface area contributed by atoms with Crippen molar-refractivity contribution in [2.24, 2.45) is 0 Å². The van der Waals surface area contributed by atoms with Gasteiger partial charge in [-0.15, -0.1) is 0 Å². The van der Waals surface area contributed by atoms with Crippen LogP contribution in [0, 0.1) is 0 Å². The lowest BCUT2D eigenvalue weighted by atomic mass is 10.1. The van der Waals surface area contributed by atoms with Crippen molar-refractivity contribution < 1.29 is 14.0 Å². The third-order valence-corrected chi connectivity index (χ3v) is 4.32. The van der Waals surface area contributed by atoms with Crippen molar-refractivity contribution >= 4 is 41.1 Å². The smallest absolute Gasteiger partial charge is 0.262 e. The Kier molecular flexibility index (Phi) is 6.53. The fourth-order valence-corrected chi connectivity index (χ4v) is 2.81. The van der Waals surface area contributed by atoms with Crippen LogP contribution in [-0.4, -0.2) is 11.8 Å². The lowest BCUT2D eigenvalue weighted by Crippen LogP contribution is -2.41. The molecule has 0 aliphatic rings. The number of carbonyl (C=O) groups excluding carboxylic acids is 2. The van der Waals surface area contributed by atoms with Crippen molar-refractivity contribution in [2.75, 3.05) is 0 Å². The second kappa shape index (κ2) is 9.26. The van der Waals surface area contributed by atoms with E-state index in [0.717, 1.165) is 5.56 Å². The van der Waals surface area contributed by atoms with Gasteiger partial charge in [0.15, 0.2) is 0 Å². The van der Waals surface area contributed by atoms with Crippen LogP contribution in [0.5, 0.6) is 0 Å². The molecular weight excluding hydrogens is 399 g/mol. The van der Waals surface area contributed by atoms with E-state index in [-0.39, 0.29) is 12.3 Å². The normalized spacial score (nSPS) is 10.8. The summed E-state index contributed by atoms with van der Waals surface area (Å²) in [6, 6.07) is 17.7. The van der Waals surface area contributed by atoms with Gasteiger partial charge in [0.2, 0.25) is 5.91 Å². The van der Waals surface area contributed by atoms with Crippen molar-refractivity contribution in [1.82, 2.24) is 10.9 Å². The Balaban J connectivity index is 1.54. The molecule has 0 saturated heterocycles. The zero-order valence-electron chi connectivity index (χ0n) is 14.6. The summed E-state index contributed by atoms with van der Waals surface area (Å²) in [5.41, 5.74) is 6.19. The van der Waals surface area contributed by atoms with Crippen LogP contribution in [0.1, 0.15) is 11.3 Å². The molecule has 0 spiro atoms. The van der Waals surface area contributed by atoms with Crippen molar-refractivity contribution in [3.05, 3.63) is 88.1 Å². The highest BCUT2D eigenvalue weighted by Crippen LogP contribution is 2.31. The molecule has 0 unspecified atom stereocenters. The number of amides is 2. The van der Waals surface area contributed by atoms with Crippen LogP contribution < -0.4 is 10.9 Å². The summed E-state index contributed by atoms with van der Waals surface area (Å²) in [6.07, 6.45) is 2.92. The lowest BCUT2D eigenvalue weighted by Gasteiger charge is -2.05.